The van der Waals surface area contributed by atoms with Crippen molar-refractivity contribution in [3.8, 4) is 0 Å². The van der Waals surface area contributed by atoms with Gasteiger partial charge in [-0.05, 0) is 61.6 Å². The lowest BCUT2D eigenvalue weighted by molar-refractivity contribution is 0.281. The number of halogens is 3. The molecule has 7 heteroatoms. The normalized spacial score (nSPS) is 16.1. The molecule has 4 nitrogen and oxygen atoms in total. The summed E-state index contributed by atoms with van der Waals surface area (Å²) >= 11 is 0. The minimum atomic E-state index is -0.248. The van der Waals surface area contributed by atoms with E-state index in [2.05, 4.69) is 35.2 Å². The van der Waals surface area contributed by atoms with Crippen molar-refractivity contribution in [2.45, 2.75) is 38.1 Å². The lowest BCUT2D eigenvalue weighted by Crippen LogP contribution is -2.30. The number of aromatic nitrogens is 2. The Balaban J connectivity index is 0.00000180. The third-order valence-electron chi connectivity index (χ3n) is 6.89. The van der Waals surface area contributed by atoms with Crippen molar-refractivity contribution in [2.24, 2.45) is 0 Å². The molecular formula is C29H32Cl2FN3O. The summed E-state index contributed by atoms with van der Waals surface area (Å²) in [6, 6.07) is 24.9. The van der Waals surface area contributed by atoms with Gasteiger partial charge in [-0.3, -0.25) is 4.79 Å². The molecular weight excluding hydrogens is 496 g/mol. The van der Waals surface area contributed by atoms with Crippen molar-refractivity contribution in [3.63, 3.8) is 0 Å². The monoisotopic (exact) mass is 527 g/mol. The van der Waals surface area contributed by atoms with Gasteiger partial charge in [0.15, 0.2) is 0 Å². The van der Waals surface area contributed by atoms with Crippen LogP contribution in [-0.4, -0.2) is 34.3 Å². The number of nitrogens with zero attached hydrogens (tertiary/aromatic N) is 3. The molecule has 1 unspecified atom stereocenters. The van der Waals surface area contributed by atoms with Gasteiger partial charge in [-0.2, -0.15) is 5.10 Å². The topological polar surface area (TPSA) is 38.1 Å². The van der Waals surface area contributed by atoms with E-state index in [0.29, 0.717) is 11.8 Å². The van der Waals surface area contributed by atoms with Crippen LogP contribution in [0.25, 0.3) is 10.8 Å². The Morgan fingerprint density at radius 2 is 1.50 bits per heavy atom. The van der Waals surface area contributed by atoms with Crippen LogP contribution in [0.15, 0.2) is 83.7 Å². The Hall–Kier alpha value is -2.73. The molecule has 0 aliphatic carbocycles. The van der Waals surface area contributed by atoms with E-state index in [-0.39, 0.29) is 42.2 Å². The van der Waals surface area contributed by atoms with E-state index in [4.69, 9.17) is 5.10 Å². The van der Waals surface area contributed by atoms with E-state index in [9.17, 15) is 9.18 Å². The average Bonchev–Trinajstić information content (AvgIpc) is 3.12. The molecule has 1 atom stereocenters. The molecule has 1 aromatic heterocycles. The van der Waals surface area contributed by atoms with E-state index in [1.165, 1.54) is 17.7 Å². The minimum Gasteiger partial charge on any atom is -0.303 e. The minimum absolute atomic E-state index is 0. The van der Waals surface area contributed by atoms with Crippen molar-refractivity contribution in [2.75, 3.05) is 19.6 Å². The fraction of sp³-hybridized carbons (Fsp3) is 0.310. The highest BCUT2D eigenvalue weighted by molar-refractivity contribution is 5.85. The van der Waals surface area contributed by atoms with Gasteiger partial charge in [0.25, 0.3) is 5.56 Å². The molecule has 1 aliphatic rings. The summed E-state index contributed by atoms with van der Waals surface area (Å²) < 4.78 is 15.1. The molecule has 1 fully saturated rings. The van der Waals surface area contributed by atoms with Crippen LogP contribution >= 0.6 is 24.8 Å². The van der Waals surface area contributed by atoms with Gasteiger partial charge in [0.2, 0.25) is 0 Å². The van der Waals surface area contributed by atoms with E-state index in [1.54, 1.807) is 16.8 Å². The van der Waals surface area contributed by atoms with Gasteiger partial charge in [-0.25, -0.2) is 9.07 Å². The van der Waals surface area contributed by atoms with Gasteiger partial charge in [-0.15, -0.1) is 24.8 Å². The van der Waals surface area contributed by atoms with Gasteiger partial charge in [0.05, 0.1) is 17.1 Å². The third-order valence-corrected chi connectivity index (χ3v) is 6.89. The number of rotatable bonds is 6. The molecule has 190 valence electrons. The predicted octanol–water partition coefficient (Wildman–Crippen LogP) is 6.24. The van der Waals surface area contributed by atoms with Crippen molar-refractivity contribution in [1.82, 2.24) is 14.7 Å². The maximum atomic E-state index is 13.4. The van der Waals surface area contributed by atoms with Crippen LogP contribution in [0.3, 0.4) is 0 Å². The number of hydrogen-bond acceptors (Lipinski definition) is 3. The fourth-order valence-corrected chi connectivity index (χ4v) is 4.99. The van der Waals surface area contributed by atoms with E-state index >= 15 is 0 Å². The van der Waals surface area contributed by atoms with Gasteiger partial charge in [0, 0.05) is 24.9 Å². The second kappa shape index (κ2) is 13.0. The number of likely N-dealkylation sites (tertiary alicyclic amines) is 1. The first-order chi connectivity index (χ1) is 16.7. The summed E-state index contributed by atoms with van der Waals surface area (Å²) in [5.41, 5.74) is 3.20. The molecule has 1 saturated heterocycles. The van der Waals surface area contributed by atoms with Gasteiger partial charge < -0.3 is 4.90 Å². The van der Waals surface area contributed by atoms with Gasteiger partial charge in [-0.1, -0.05) is 60.7 Å². The summed E-state index contributed by atoms with van der Waals surface area (Å²) in [7, 11) is 0. The Kier molecular flexibility index (Phi) is 10.1. The van der Waals surface area contributed by atoms with Crippen LogP contribution in [0.2, 0.25) is 0 Å². The molecule has 0 N–H and O–H groups in total. The molecule has 36 heavy (non-hydrogen) atoms. The zero-order valence-corrected chi connectivity index (χ0v) is 21.8. The Labute approximate surface area is 224 Å². The lowest BCUT2D eigenvalue weighted by atomic mass is 10.0. The van der Waals surface area contributed by atoms with E-state index in [0.717, 1.165) is 62.0 Å². The van der Waals surface area contributed by atoms with Crippen molar-refractivity contribution in [1.29, 1.82) is 0 Å². The van der Waals surface area contributed by atoms with Crippen LogP contribution in [-0.2, 0) is 12.8 Å². The number of benzene rings is 3. The highest BCUT2D eigenvalue weighted by atomic mass is 35.5. The summed E-state index contributed by atoms with van der Waals surface area (Å²) in [5.74, 6) is -0.248. The van der Waals surface area contributed by atoms with Gasteiger partial charge >= 0.3 is 0 Å². The lowest BCUT2D eigenvalue weighted by Gasteiger charge is -2.21. The van der Waals surface area contributed by atoms with E-state index < -0.39 is 0 Å². The molecule has 0 amide bonds. The van der Waals surface area contributed by atoms with E-state index in [1.807, 2.05) is 24.3 Å². The Morgan fingerprint density at radius 3 is 2.25 bits per heavy atom. The fourth-order valence-electron chi connectivity index (χ4n) is 4.99. The quantitative estimate of drug-likeness (QED) is 0.298. The zero-order valence-electron chi connectivity index (χ0n) is 20.2. The van der Waals surface area contributed by atoms with Crippen LogP contribution < -0.4 is 5.56 Å². The largest absolute Gasteiger partial charge is 0.303 e. The standard InChI is InChI=1S/C29H30FN3O.2ClH/c30-24-14-12-23(13-15-24)21-28-26-10-4-5-11-27(26)29(34)33(31-28)25-9-6-18-32(20-17-25)19-16-22-7-2-1-3-8-22;;/h1-5,7-8,10-15,25H,6,9,16-21H2;2*1H. The number of fused-ring (bicyclic) bond motifs is 1. The van der Waals surface area contributed by atoms with Crippen molar-refractivity contribution < 1.29 is 4.39 Å². The number of hydrogen-bond donors (Lipinski definition) is 0. The van der Waals surface area contributed by atoms with Gasteiger partial charge in [0.1, 0.15) is 5.82 Å². The van der Waals surface area contributed by atoms with Crippen molar-refractivity contribution >= 4 is 35.6 Å². The summed E-state index contributed by atoms with van der Waals surface area (Å²) in [6.45, 7) is 3.05. The Bertz CT molecular complexity index is 1310. The Morgan fingerprint density at radius 1 is 0.806 bits per heavy atom. The first-order valence-electron chi connectivity index (χ1n) is 12.2. The molecule has 1 aliphatic heterocycles. The second-order valence-electron chi connectivity index (χ2n) is 9.21. The van der Waals surface area contributed by atoms with Crippen LogP contribution in [0.5, 0.6) is 0 Å². The highest BCUT2D eigenvalue weighted by Crippen LogP contribution is 2.24. The first kappa shape index (κ1) is 27.9. The molecule has 0 radical (unpaired) electrons. The first-order valence-corrected chi connectivity index (χ1v) is 12.2. The third kappa shape index (κ3) is 6.52. The van der Waals surface area contributed by atoms with Crippen LogP contribution in [0, 0.1) is 5.82 Å². The maximum Gasteiger partial charge on any atom is 0.274 e. The second-order valence-corrected chi connectivity index (χ2v) is 9.21. The molecule has 4 aromatic rings. The zero-order chi connectivity index (χ0) is 23.3. The SMILES string of the molecule is Cl.Cl.O=c1c2ccccc2c(Cc2ccc(F)cc2)nn1C1CCCN(CCc2ccccc2)CC1. The van der Waals surface area contributed by atoms with Crippen LogP contribution in [0.1, 0.15) is 42.1 Å². The van der Waals surface area contributed by atoms with Crippen molar-refractivity contribution in [3.05, 3.63) is 112 Å². The molecule has 5 rings (SSSR count). The molecule has 0 spiro atoms. The smallest absolute Gasteiger partial charge is 0.274 e. The molecule has 0 bridgehead atoms. The highest BCUT2D eigenvalue weighted by Gasteiger charge is 2.22. The molecule has 3 aromatic carbocycles. The average molecular weight is 528 g/mol. The molecule has 2 heterocycles. The summed E-state index contributed by atoms with van der Waals surface area (Å²) in [6.07, 6.45) is 4.52. The summed E-state index contributed by atoms with van der Waals surface area (Å²) in [4.78, 5) is 15.9. The summed E-state index contributed by atoms with van der Waals surface area (Å²) in [5, 5.41) is 6.48. The molecule has 0 saturated carbocycles. The van der Waals surface area contributed by atoms with Crippen LogP contribution in [0.4, 0.5) is 4.39 Å². The predicted molar refractivity (Wildman–Crippen MR) is 149 cm³/mol. The maximum absolute atomic E-state index is 13.4.